The van der Waals surface area contributed by atoms with Gasteiger partial charge in [0.2, 0.25) is 5.91 Å². The van der Waals surface area contributed by atoms with Crippen LogP contribution in [0.1, 0.15) is 39.0 Å². The summed E-state index contributed by atoms with van der Waals surface area (Å²) in [6, 6.07) is 0. The molecule has 3 nitrogen and oxygen atoms in total. The topological polar surface area (TPSA) is 49.3 Å². The fourth-order valence-electron chi connectivity index (χ4n) is 0.768. The monoisotopic (exact) mass is 181 g/mol. The van der Waals surface area contributed by atoms with Gasteiger partial charge < -0.3 is 0 Å². The Bertz CT molecular complexity index is 98.4. The van der Waals surface area contributed by atoms with Crippen LogP contribution in [0.15, 0.2) is 0 Å². The highest BCUT2D eigenvalue weighted by molar-refractivity contribution is 5.85. The SMILES string of the molecule is CCCCCCC(=O)NO.Cl. The summed E-state index contributed by atoms with van der Waals surface area (Å²) in [6.07, 6.45) is 4.72. The smallest absolute Gasteiger partial charge is 0.243 e. The molecular formula is C7H16ClNO2. The van der Waals surface area contributed by atoms with Gasteiger partial charge in [0.1, 0.15) is 0 Å². The predicted octanol–water partition coefficient (Wildman–Crippen LogP) is 1.88. The Balaban J connectivity index is 0. The van der Waals surface area contributed by atoms with E-state index in [1.807, 2.05) is 0 Å². The van der Waals surface area contributed by atoms with Crippen LogP contribution in [-0.4, -0.2) is 11.1 Å². The second kappa shape index (κ2) is 9.72. The van der Waals surface area contributed by atoms with Gasteiger partial charge in [0.15, 0.2) is 0 Å². The predicted molar refractivity (Wildman–Crippen MR) is 45.9 cm³/mol. The number of carbonyl (C=O) groups is 1. The van der Waals surface area contributed by atoms with Crippen LogP contribution in [0.5, 0.6) is 0 Å². The summed E-state index contributed by atoms with van der Waals surface area (Å²) in [5, 5.41) is 8.09. The van der Waals surface area contributed by atoms with Crippen molar-refractivity contribution in [2.45, 2.75) is 39.0 Å². The maximum Gasteiger partial charge on any atom is 0.243 e. The summed E-state index contributed by atoms with van der Waals surface area (Å²) in [5.74, 6) is -0.281. The van der Waals surface area contributed by atoms with Crippen LogP contribution in [-0.2, 0) is 4.79 Å². The van der Waals surface area contributed by atoms with E-state index < -0.39 is 0 Å². The first kappa shape index (κ1) is 13.3. The molecule has 0 rings (SSSR count). The van der Waals surface area contributed by atoms with Crippen LogP contribution >= 0.6 is 12.4 Å². The van der Waals surface area contributed by atoms with Gasteiger partial charge in [-0.2, -0.15) is 0 Å². The Morgan fingerprint density at radius 2 is 2.00 bits per heavy atom. The highest BCUT2D eigenvalue weighted by Crippen LogP contribution is 2.01. The lowest BCUT2D eigenvalue weighted by Gasteiger charge is -1.96. The maximum atomic E-state index is 10.4. The minimum atomic E-state index is -0.281. The van der Waals surface area contributed by atoms with E-state index in [0.29, 0.717) is 6.42 Å². The van der Waals surface area contributed by atoms with Crippen molar-refractivity contribution in [3.8, 4) is 0 Å². The Kier molecular flexibility index (Phi) is 11.8. The van der Waals surface area contributed by atoms with Crippen molar-refractivity contribution >= 4 is 18.3 Å². The molecule has 0 radical (unpaired) electrons. The molecule has 0 saturated carbocycles. The number of hydrogen-bond acceptors (Lipinski definition) is 2. The van der Waals surface area contributed by atoms with E-state index >= 15 is 0 Å². The molecule has 0 atom stereocenters. The molecule has 1 amide bonds. The van der Waals surface area contributed by atoms with Crippen molar-refractivity contribution in [1.29, 1.82) is 0 Å². The molecule has 0 aromatic rings. The molecule has 0 heterocycles. The van der Waals surface area contributed by atoms with Gasteiger partial charge in [-0.15, -0.1) is 12.4 Å². The number of rotatable bonds is 5. The quantitative estimate of drug-likeness (QED) is 0.387. The second-order valence-electron chi connectivity index (χ2n) is 2.35. The molecular weight excluding hydrogens is 166 g/mol. The average molecular weight is 182 g/mol. The van der Waals surface area contributed by atoms with Crippen molar-refractivity contribution in [3.63, 3.8) is 0 Å². The van der Waals surface area contributed by atoms with E-state index in [1.54, 1.807) is 5.48 Å². The summed E-state index contributed by atoms with van der Waals surface area (Å²) in [7, 11) is 0. The summed E-state index contributed by atoms with van der Waals surface area (Å²) in [5.41, 5.74) is 1.60. The first-order chi connectivity index (χ1) is 4.81. The van der Waals surface area contributed by atoms with Crippen LogP contribution in [0.4, 0.5) is 0 Å². The molecule has 0 unspecified atom stereocenters. The zero-order chi connectivity index (χ0) is 7.82. The highest BCUT2D eigenvalue weighted by atomic mass is 35.5. The summed E-state index contributed by atoms with van der Waals surface area (Å²) < 4.78 is 0. The molecule has 0 bridgehead atoms. The normalized spacial score (nSPS) is 8.55. The van der Waals surface area contributed by atoms with Gasteiger partial charge >= 0.3 is 0 Å². The Hall–Kier alpha value is -0.280. The number of hydroxylamine groups is 1. The molecule has 2 N–H and O–H groups in total. The van der Waals surface area contributed by atoms with Crippen LogP contribution in [0.3, 0.4) is 0 Å². The molecule has 11 heavy (non-hydrogen) atoms. The van der Waals surface area contributed by atoms with Crippen LogP contribution in [0.2, 0.25) is 0 Å². The molecule has 0 aliphatic heterocycles. The fourth-order valence-corrected chi connectivity index (χ4v) is 0.768. The van der Waals surface area contributed by atoms with Crippen LogP contribution in [0.25, 0.3) is 0 Å². The van der Waals surface area contributed by atoms with Crippen molar-refractivity contribution in [2.24, 2.45) is 0 Å². The third-order valence-corrected chi connectivity index (χ3v) is 1.38. The first-order valence-electron chi connectivity index (χ1n) is 3.74. The third kappa shape index (κ3) is 9.72. The van der Waals surface area contributed by atoms with Gasteiger partial charge in [-0.1, -0.05) is 26.2 Å². The van der Waals surface area contributed by atoms with Crippen LogP contribution < -0.4 is 5.48 Å². The standard InChI is InChI=1S/C7H15NO2.ClH/c1-2-3-4-5-6-7(9)8-10;/h10H,2-6H2,1H3,(H,8,9);1H. The molecule has 0 aliphatic carbocycles. The number of nitrogens with one attached hydrogen (secondary N) is 1. The Morgan fingerprint density at radius 1 is 1.36 bits per heavy atom. The zero-order valence-electron chi connectivity index (χ0n) is 6.80. The van der Waals surface area contributed by atoms with Gasteiger partial charge in [0.25, 0.3) is 0 Å². The van der Waals surface area contributed by atoms with E-state index in [-0.39, 0.29) is 18.3 Å². The van der Waals surface area contributed by atoms with E-state index in [9.17, 15) is 4.79 Å². The molecule has 0 aromatic heterocycles. The minimum Gasteiger partial charge on any atom is -0.289 e. The summed E-state index contributed by atoms with van der Waals surface area (Å²) >= 11 is 0. The molecule has 4 heteroatoms. The van der Waals surface area contributed by atoms with Gasteiger partial charge in [-0.3, -0.25) is 10.0 Å². The molecule has 0 spiro atoms. The van der Waals surface area contributed by atoms with Gasteiger partial charge in [0.05, 0.1) is 0 Å². The Labute approximate surface area is 73.5 Å². The molecule has 0 saturated heterocycles. The largest absolute Gasteiger partial charge is 0.289 e. The number of carbonyl (C=O) groups excluding carboxylic acids is 1. The lowest BCUT2D eigenvalue weighted by Crippen LogP contribution is -2.17. The average Bonchev–Trinajstić information content (AvgIpc) is 1.98. The maximum absolute atomic E-state index is 10.4. The number of amides is 1. The second-order valence-corrected chi connectivity index (χ2v) is 2.35. The van der Waals surface area contributed by atoms with Gasteiger partial charge in [-0.25, -0.2) is 5.48 Å². The number of halogens is 1. The van der Waals surface area contributed by atoms with Crippen molar-refractivity contribution < 1.29 is 10.0 Å². The molecule has 68 valence electrons. The fraction of sp³-hybridized carbons (Fsp3) is 0.857. The van der Waals surface area contributed by atoms with Crippen molar-refractivity contribution in [3.05, 3.63) is 0 Å². The summed E-state index contributed by atoms with van der Waals surface area (Å²) in [6.45, 7) is 2.12. The summed E-state index contributed by atoms with van der Waals surface area (Å²) in [4.78, 5) is 10.4. The first-order valence-corrected chi connectivity index (χ1v) is 3.74. The van der Waals surface area contributed by atoms with E-state index in [4.69, 9.17) is 5.21 Å². The number of hydrogen-bond donors (Lipinski definition) is 2. The molecule has 0 aliphatic rings. The zero-order valence-corrected chi connectivity index (χ0v) is 7.62. The Morgan fingerprint density at radius 3 is 2.45 bits per heavy atom. The van der Waals surface area contributed by atoms with E-state index in [2.05, 4.69) is 6.92 Å². The molecule has 0 aromatic carbocycles. The highest BCUT2D eigenvalue weighted by Gasteiger charge is 1.96. The third-order valence-electron chi connectivity index (χ3n) is 1.38. The number of unbranched alkanes of at least 4 members (excludes halogenated alkanes) is 3. The lowest BCUT2D eigenvalue weighted by atomic mass is 10.1. The van der Waals surface area contributed by atoms with Crippen LogP contribution in [0, 0.1) is 0 Å². The van der Waals surface area contributed by atoms with E-state index in [0.717, 1.165) is 12.8 Å². The van der Waals surface area contributed by atoms with Gasteiger partial charge in [-0.05, 0) is 6.42 Å². The van der Waals surface area contributed by atoms with Crippen molar-refractivity contribution in [2.75, 3.05) is 0 Å². The minimum absolute atomic E-state index is 0. The molecule has 0 fully saturated rings. The van der Waals surface area contributed by atoms with E-state index in [1.165, 1.54) is 12.8 Å². The lowest BCUT2D eigenvalue weighted by molar-refractivity contribution is -0.129. The van der Waals surface area contributed by atoms with Crippen molar-refractivity contribution in [1.82, 2.24) is 5.48 Å². The van der Waals surface area contributed by atoms with Gasteiger partial charge in [0, 0.05) is 6.42 Å².